The molecule has 18 heavy (non-hydrogen) atoms. The van der Waals surface area contributed by atoms with Crippen molar-refractivity contribution in [3.05, 3.63) is 0 Å². The fourth-order valence-corrected chi connectivity index (χ4v) is 8.66. The van der Waals surface area contributed by atoms with Gasteiger partial charge in [-0.1, -0.05) is 48.5 Å². The van der Waals surface area contributed by atoms with Crippen LogP contribution in [0.3, 0.4) is 0 Å². The van der Waals surface area contributed by atoms with Crippen LogP contribution >= 0.6 is 0 Å². The smallest absolute Gasteiger partial charge is 0.333 e. The van der Waals surface area contributed by atoms with Crippen molar-refractivity contribution < 1.29 is 14.0 Å². The first-order chi connectivity index (χ1) is 8.23. The fourth-order valence-electron chi connectivity index (χ4n) is 3.08. The number of rotatable bonds is 7. The molecule has 0 bridgehead atoms. The van der Waals surface area contributed by atoms with Crippen LogP contribution in [0.25, 0.3) is 0 Å². The van der Waals surface area contributed by atoms with Crippen molar-refractivity contribution in [2.45, 2.75) is 77.6 Å². The Balaban J connectivity index is 5.27. The summed E-state index contributed by atoms with van der Waals surface area (Å²) in [6.07, 6.45) is 0.266. The van der Waals surface area contributed by atoms with Crippen molar-refractivity contribution >= 4 is 14.3 Å². The van der Waals surface area contributed by atoms with Crippen LogP contribution < -0.4 is 0 Å². The summed E-state index contributed by atoms with van der Waals surface area (Å²) in [7, 11) is -0.563. The van der Waals surface area contributed by atoms with Crippen molar-refractivity contribution in [3.63, 3.8) is 0 Å². The first kappa shape index (κ1) is 17.6. The Morgan fingerprint density at radius 1 is 1.00 bits per heavy atom. The van der Waals surface area contributed by atoms with Gasteiger partial charge in [-0.2, -0.15) is 0 Å². The van der Waals surface area contributed by atoms with E-state index in [0.29, 0.717) is 23.0 Å². The summed E-state index contributed by atoms with van der Waals surface area (Å²) in [6.45, 7) is 15.3. The molecule has 0 amide bonds. The van der Waals surface area contributed by atoms with Crippen LogP contribution in [0, 0.1) is 0 Å². The molecule has 0 aliphatic carbocycles. The molecule has 0 fully saturated rings. The van der Waals surface area contributed by atoms with Crippen LogP contribution in [-0.4, -0.2) is 27.5 Å². The van der Waals surface area contributed by atoms with Gasteiger partial charge in [-0.25, -0.2) is 4.79 Å². The molecule has 0 aromatic rings. The van der Waals surface area contributed by atoms with E-state index in [2.05, 4.69) is 41.5 Å². The molecule has 0 radical (unpaired) electrons. The summed E-state index contributed by atoms with van der Waals surface area (Å²) in [5.74, 6) is -0.240. The van der Waals surface area contributed by atoms with Gasteiger partial charge in [0, 0.05) is 0 Å². The van der Waals surface area contributed by atoms with Gasteiger partial charge in [-0.15, -0.1) is 0 Å². The molecule has 0 aromatic heterocycles. The van der Waals surface area contributed by atoms with Crippen LogP contribution in [0.1, 0.15) is 54.9 Å². The molecule has 0 spiro atoms. The second-order valence-corrected chi connectivity index (χ2v) is 11.3. The highest BCUT2D eigenvalue weighted by molar-refractivity contribution is 6.77. The van der Waals surface area contributed by atoms with Crippen molar-refractivity contribution in [2.24, 2.45) is 0 Å². The zero-order valence-corrected chi connectivity index (χ0v) is 14.2. The lowest BCUT2D eigenvalue weighted by molar-refractivity contribution is -0.149. The minimum Gasteiger partial charge on any atom is -0.467 e. The Labute approximate surface area is 113 Å². The van der Waals surface area contributed by atoms with Gasteiger partial charge < -0.3 is 9.16 Å². The van der Waals surface area contributed by atoms with Gasteiger partial charge in [0.2, 0.25) is 8.32 Å². The van der Waals surface area contributed by atoms with E-state index >= 15 is 0 Å². The van der Waals surface area contributed by atoms with Gasteiger partial charge in [-0.3, -0.25) is 0 Å². The Morgan fingerprint density at radius 3 is 1.61 bits per heavy atom. The molecule has 0 saturated carbocycles. The SMILES string of the molecule is CCC(O[Si](C(C)C)(C(C)C)C(C)C)C(=O)OC. The van der Waals surface area contributed by atoms with E-state index in [1.54, 1.807) is 0 Å². The number of ether oxygens (including phenoxy) is 1. The molecule has 0 aromatic carbocycles. The normalized spacial score (nSPS) is 14.4. The highest BCUT2D eigenvalue weighted by Crippen LogP contribution is 2.43. The number of methoxy groups -OCH3 is 1. The second kappa shape index (κ2) is 7.29. The number of carbonyl (C=O) groups is 1. The van der Waals surface area contributed by atoms with Gasteiger partial charge in [0.25, 0.3) is 0 Å². The molecule has 0 rings (SSSR count). The topological polar surface area (TPSA) is 35.5 Å². The lowest BCUT2D eigenvalue weighted by Gasteiger charge is -2.43. The molecular formula is C14H30O3Si. The van der Waals surface area contributed by atoms with Gasteiger partial charge in [-0.05, 0) is 23.0 Å². The highest BCUT2D eigenvalue weighted by atomic mass is 28.4. The molecule has 0 aliphatic heterocycles. The van der Waals surface area contributed by atoms with E-state index in [9.17, 15) is 4.79 Å². The molecule has 0 heterocycles. The average Bonchev–Trinajstić information content (AvgIpc) is 2.28. The van der Waals surface area contributed by atoms with E-state index in [4.69, 9.17) is 9.16 Å². The maximum atomic E-state index is 11.8. The number of carbonyl (C=O) groups excluding carboxylic acids is 1. The standard InChI is InChI=1S/C14H30O3Si/c1-9-13(14(15)16-8)17-18(10(2)3,11(4)5)12(6)7/h10-13H,9H2,1-8H3. The summed E-state index contributed by atoms with van der Waals surface area (Å²) in [4.78, 5) is 11.8. The predicted molar refractivity (Wildman–Crippen MR) is 78.2 cm³/mol. The second-order valence-electron chi connectivity index (χ2n) is 5.86. The molecule has 1 atom stereocenters. The number of hydrogen-bond acceptors (Lipinski definition) is 3. The minimum absolute atomic E-state index is 0.240. The Hall–Kier alpha value is -0.353. The van der Waals surface area contributed by atoms with E-state index in [1.165, 1.54) is 7.11 Å². The summed E-state index contributed by atoms with van der Waals surface area (Å²) in [5.41, 5.74) is 1.45. The third kappa shape index (κ3) is 3.57. The van der Waals surface area contributed by atoms with Crippen molar-refractivity contribution in [3.8, 4) is 0 Å². The fraction of sp³-hybridized carbons (Fsp3) is 0.929. The monoisotopic (exact) mass is 274 g/mol. The maximum Gasteiger partial charge on any atom is 0.333 e. The molecule has 108 valence electrons. The van der Waals surface area contributed by atoms with E-state index in [-0.39, 0.29) is 5.97 Å². The largest absolute Gasteiger partial charge is 0.467 e. The van der Waals surface area contributed by atoms with Crippen LogP contribution in [0.2, 0.25) is 16.6 Å². The van der Waals surface area contributed by atoms with Crippen LogP contribution in [-0.2, 0) is 14.0 Å². The molecule has 4 heteroatoms. The van der Waals surface area contributed by atoms with E-state index in [0.717, 1.165) is 0 Å². The quantitative estimate of drug-likeness (QED) is 0.517. The van der Waals surface area contributed by atoms with Crippen molar-refractivity contribution in [1.82, 2.24) is 0 Å². The highest BCUT2D eigenvalue weighted by Gasteiger charge is 2.47. The van der Waals surface area contributed by atoms with Crippen LogP contribution in [0.5, 0.6) is 0 Å². The maximum absolute atomic E-state index is 11.8. The third-order valence-corrected chi connectivity index (χ3v) is 10.00. The lowest BCUT2D eigenvalue weighted by Crippen LogP contribution is -2.51. The molecule has 3 nitrogen and oxygen atoms in total. The van der Waals surface area contributed by atoms with Gasteiger partial charge in [0.1, 0.15) is 6.10 Å². The van der Waals surface area contributed by atoms with Crippen LogP contribution in [0.15, 0.2) is 0 Å². The summed E-state index contributed by atoms with van der Waals surface area (Å²) < 4.78 is 11.2. The predicted octanol–water partition coefficient (Wildman–Crippen LogP) is 4.13. The molecule has 0 saturated heterocycles. The summed E-state index contributed by atoms with van der Waals surface area (Å²) in [6, 6.07) is 0. The lowest BCUT2D eigenvalue weighted by atomic mass is 10.3. The molecular weight excluding hydrogens is 244 g/mol. The first-order valence-electron chi connectivity index (χ1n) is 6.99. The summed E-state index contributed by atoms with van der Waals surface area (Å²) >= 11 is 0. The van der Waals surface area contributed by atoms with E-state index < -0.39 is 14.4 Å². The number of hydrogen-bond donors (Lipinski definition) is 0. The molecule has 0 aliphatic rings. The Kier molecular flexibility index (Phi) is 7.15. The summed E-state index contributed by atoms with van der Waals surface area (Å²) in [5, 5.41) is 0. The van der Waals surface area contributed by atoms with Gasteiger partial charge in [0.05, 0.1) is 7.11 Å². The average molecular weight is 274 g/mol. The number of esters is 1. The minimum atomic E-state index is -1.99. The first-order valence-corrected chi connectivity index (χ1v) is 9.13. The van der Waals surface area contributed by atoms with Crippen molar-refractivity contribution in [1.29, 1.82) is 0 Å². The zero-order valence-electron chi connectivity index (χ0n) is 13.2. The van der Waals surface area contributed by atoms with Gasteiger partial charge in [0.15, 0.2) is 0 Å². The van der Waals surface area contributed by atoms with Crippen molar-refractivity contribution in [2.75, 3.05) is 7.11 Å². The van der Waals surface area contributed by atoms with Crippen LogP contribution in [0.4, 0.5) is 0 Å². The van der Waals surface area contributed by atoms with E-state index in [1.807, 2.05) is 6.92 Å². The Bertz CT molecular complexity index is 240. The third-order valence-electron chi connectivity index (χ3n) is 3.89. The Morgan fingerprint density at radius 2 is 1.39 bits per heavy atom. The zero-order chi connectivity index (χ0) is 14.5. The molecule has 0 N–H and O–H groups in total. The molecule has 1 unspecified atom stereocenters. The van der Waals surface area contributed by atoms with Gasteiger partial charge >= 0.3 is 5.97 Å².